The number of halogens is 2. The van der Waals surface area contributed by atoms with Gasteiger partial charge >= 0.3 is 0 Å². The predicted octanol–water partition coefficient (Wildman–Crippen LogP) is -0.726. The van der Waals surface area contributed by atoms with Crippen LogP contribution in [0.15, 0.2) is 23.8 Å². The number of anilines is 2. The molecule has 45 heavy (non-hydrogen) atoms. The first kappa shape index (κ1) is 30.7. The Labute approximate surface area is 255 Å². The SMILES string of the molecule is [B]P1(=O)OC[C@H]2O[C@@H](n3cnc4c(N)ncnc43)[C@@H](F)C2OP([O-])(=S)OC[C@H]2O[C@@H](n3cnc4c(=O)[nH]c(N)nc43)C(F)[C@H]2O1. The van der Waals surface area contributed by atoms with E-state index in [1.165, 1.54) is 10.9 Å². The molecule has 0 bridgehead atoms. The van der Waals surface area contributed by atoms with Crippen LogP contribution in [0.3, 0.4) is 0 Å². The molecular formula is C20H20BF2N10O9P2S-. The summed E-state index contributed by atoms with van der Waals surface area (Å²) in [6.45, 7) is -6.06. The van der Waals surface area contributed by atoms with Crippen molar-refractivity contribution in [3.63, 3.8) is 0 Å². The van der Waals surface area contributed by atoms with Gasteiger partial charge in [-0.3, -0.25) is 23.5 Å². The lowest BCUT2D eigenvalue weighted by molar-refractivity contribution is -0.217. The number of nitrogens with zero attached hydrogens (tertiary/aromatic N) is 7. The van der Waals surface area contributed by atoms with E-state index < -0.39 is 82.2 Å². The fourth-order valence-corrected chi connectivity index (χ4v) is 7.69. The van der Waals surface area contributed by atoms with Crippen LogP contribution in [0.4, 0.5) is 20.5 Å². The summed E-state index contributed by atoms with van der Waals surface area (Å²) in [6, 6.07) is 0. The summed E-state index contributed by atoms with van der Waals surface area (Å²) in [5.74, 6) is -0.253. The molecule has 3 fully saturated rings. The van der Waals surface area contributed by atoms with Crippen LogP contribution in [0.1, 0.15) is 12.5 Å². The molecule has 3 saturated heterocycles. The van der Waals surface area contributed by atoms with Crippen LogP contribution < -0.4 is 21.9 Å². The topological polar surface area (TPSA) is 255 Å². The Morgan fingerprint density at radius 2 is 1.56 bits per heavy atom. The van der Waals surface area contributed by atoms with Crippen LogP contribution in [0, 0.1) is 0 Å². The fourth-order valence-electron chi connectivity index (χ4n) is 5.26. The van der Waals surface area contributed by atoms with Crippen LogP contribution in [0.5, 0.6) is 0 Å². The molecule has 4 aromatic rings. The van der Waals surface area contributed by atoms with Crippen molar-refractivity contribution in [2.24, 2.45) is 0 Å². The summed E-state index contributed by atoms with van der Waals surface area (Å²) in [7, 11) is 1.16. The zero-order valence-corrected chi connectivity index (χ0v) is 25.0. The molecule has 3 aliphatic heterocycles. The van der Waals surface area contributed by atoms with Gasteiger partial charge in [0.15, 0.2) is 47.4 Å². The Bertz CT molecular complexity index is 1950. The highest BCUT2D eigenvalue weighted by atomic mass is 32.5. The second-order valence-electron chi connectivity index (χ2n) is 10.1. The Kier molecular flexibility index (Phi) is 7.55. The lowest BCUT2D eigenvalue weighted by atomic mass is 10.1. The van der Waals surface area contributed by atoms with Gasteiger partial charge in [-0.2, -0.15) is 4.98 Å². The molecule has 7 rings (SSSR count). The van der Waals surface area contributed by atoms with Crippen molar-refractivity contribution in [2.45, 2.75) is 49.2 Å². The number of aromatic amines is 1. The molecule has 5 N–H and O–H groups in total. The molecule has 7 heterocycles. The first-order valence-corrected chi connectivity index (χ1v) is 17.1. The van der Waals surface area contributed by atoms with Crippen molar-refractivity contribution in [3.8, 4) is 0 Å². The van der Waals surface area contributed by atoms with Crippen molar-refractivity contribution < 1.29 is 45.8 Å². The first-order valence-electron chi connectivity index (χ1n) is 12.9. The van der Waals surface area contributed by atoms with E-state index in [1.54, 1.807) is 0 Å². The number of hydrogen-bond donors (Lipinski definition) is 3. The first-order chi connectivity index (χ1) is 21.3. The number of hydrogen-bond acceptors (Lipinski definition) is 17. The summed E-state index contributed by atoms with van der Waals surface area (Å²) in [5, 5.41) is 0. The van der Waals surface area contributed by atoms with Gasteiger partial charge in [0.2, 0.25) is 13.5 Å². The largest absolute Gasteiger partial charge is 0.780 e. The van der Waals surface area contributed by atoms with Gasteiger partial charge in [0.1, 0.15) is 43.0 Å². The van der Waals surface area contributed by atoms with Crippen molar-refractivity contribution in [3.05, 3.63) is 29.3 Å². The van der Waals surface area contributed by atoms with Crippen LogP contribution >= 0.6 is 14.2 Å². The Morgan fingerprint density at radius 3 is 2.24 bits per heavy atom. The van der Waals surface area contributed by atoms with Crippen LogP contribution in [-0.4, -0.2) is 96.6 Å². The van der Waals surface area contributed by atoms with Gasteiger partial charge in [-0.1, -0.05) is 11.8 Å². The molecule has 4 aromatic heterocycles. The molecule has 0 amide bonds. The Balaban J connectivity index is 1.17. The molecule has 10 atom stereocenters. The normalized spacial score (nSPS) is 37.7. The van der Waals surface area contributed by atoms with Gasteiger partial charge in [0, 0.05) is 0 Å². The lowest BCUT2D eigenvalue weighted by Gasteiger charge is -2.35. The molecular weight excluding hydrogens is 667 g/mol. The van der Waals surface area contributed by atoms with Gasteiger partial charge in [0.25, 0.3) is 13.0 Å². The highest BCUT2D eigenvalue weighted by Gasteiger charge is 2.53. The maximum absolute atomic E-state index is 16.0. The molecule has 0 saturated carbocycles. The third kappa shape index (κ3) is 5.45. The molecule has 0 aliphatic carbocycles. The van der Waals surface area contributed by atoms with E-state index in [0.29, 0.717) is 0 Å². The maximum atomic E-state index is 16.0. The molecule has 0 aromatic carbocycles. The van der Waals surface area contributed by atoms with E-state index in [9.17, 15) is 14.3 Å². The van der Waals surface area contributed by atoms with E-state index >= 15 is 8.78 Å². The van der Waals surface area contributed by atoms with E-state index in [-0.39, 0.29) is 34.1 Å². The average molecular weight is 687 g/mol. The molecule has 19 nitrogen and oxygen atoms in total. The molecule has 3 aliphatic rings. The van der Waals surface area contributed by atoms with Gasteiger partial charge in [-0.15, -0.1) is 0 Å². The highest BCUT2D eigenvalue weighted by molar-refractivity contribution is 8.06. The van der Waals surface area contributed by atoms with Crippen LogP contribution in [0.2, 0.25) is 0 Å². The minimum Gasteiger partial charge on any atom is -0.780 e. The smallest absolute Gasteiger partial charge is 0.280 e. The minimum absolute atomic E-state index is 0.0272. The molecule has 25 heteroatoms. The number of alkyl halides is 2. The zero-order chi connectivity index (χ0) is 31.8. The van der Waals surface area contributed by atoms with Crippen molar-refractivity contribution in [1.29, 1.82) is 0 Å². The number of aromatic nitrogens is 8. The van der Waals surface area contributed by atoms with E-state index in [0.717, 1.165) is 17.2 Å². The number of nitrogens with two attached hydrogens (primary N) is 2. The third-order valence-electron chi connectivity index (χ3n) is 7.25. The maximum Gasteiger partial charge on any atom is 0.280 e. The van der Waals surface area contributed by atoms with E-state index in [1.807, 2.05) is 0 Å². The summed E-state index contributed by atoms with van der Waals surface area (Å²) in [4.78, 5) is 47.6. The summed E-state index contributed by atoms with van der Waals surface area (Å²) in [6.07, 6.45) is -10.3. The lowest BCUT2D eigenvalue weighted by Crippen LogP contribution is -2.38. The summed E-state index contributed by atoms with van der Waals surface area (Å²) >= 11 is 5.01. The Hall–Kier alpha value is -2.98. The zero-order valence-electron chi connectivity index (χ0n) is 22.4. The minimum atomic E-state index is -4.64. The quantitative estimate of drug-likeness (QED) is 0.173. The number of fused-ring (bicyclic) bond motifs is 4. The Morgan fingerprint density at radius 1 is 0.956 bits per heavy atom. The van der Waals surface area contributed by atoms with Gasteiger partial charge in [-0.25, -0.2) is 28.7 Å². The van der Waals surface area contributed by atoms with Crippen LogP contribution in [0.25, 0.3) is 22.3 Å². The van der Waals surface area contributed by atoms with Crippen molar-refractivity contribution in [1.82, 2.24) is 39.0 Å². The van der Waals surface area contributed by atoms with Crippen molar-refractivity contribution in [2.75, 3.05) is 24.7 Å². The number of rotatable bonds is 2. The average Bonchev–Trinajstić information content (AvgIpc) is 3.72. The monoisotopic (exact) mass is 687 g/mol. The number of ether oxygens (including phenoxy) is 2. The molecule has 4 unspecified atom stereocenters. The fraction of sp³-hybridized carbons (Fsp3) is 0.500. The molecule has 0 spiro atoms. The number of nitrogen functional groups attached to an aromatic ring is 2. The van der Waals surface area contributed by atoms with Gasteiger partial charge < -0.3 is 43.9 Å². The second-order valence-corrected chi connectivity index (χ2v) is 14.3. The highest BCUT2D eigenvalue weighted by Crippen LogP contribution is 2.53. The van der Waals surface area contributed by atoms with Gasteiger partial charge in [-0.05, 0) is 0 Å². The van der Waals surface area contributed by atoms with Crippen LogP contribution in [-0.2, 0) is 43.9 Å². The third-order valence-corrected chi connectivity index (χ3v) is 9.84. The number of imidazole rings is 2. The van der Waals surface area contributed by atoms with E-state index in [4.69, 9.17) is 58.4 Å². The summed E-state index contributed by atoms with van der Waals surface area (Å²) in [5.41, 5.74) is 10.7. The van der Waals surface area contributed by atoms with Gasteiger partial charge in [0.05, 0.1) is 25.9 Å². The second kappa shape index (κ2) is 11.1. The van der Waals surface area contributed by atoms with E-state index in [2.05, 4.69) is 29.9 Å². The number of H-pyrrole nitrogens is 1. The molecule has 2 radical (unpaired) electrons. The standard InChI is InChI=1S/C20H21BF2N10O9P2S/c21-43(35)37-1-6-13(9(23)18(39-6)32-4-28-10-14(24)26-3-27-15(10)32)42-44(36,45)38-2-7-12(41-43)8(22)19(40-7)33-5-29-11-16(33)30-20(25)31-17(11)34/h3-9,12-13,18-19H,1-2H2,(H,36,45)(H2,24,26,27)(H3,25,30,31,34)/p-1/t6-,7-,8?,9+,12+,13?,18-,19-,43?,44?/m1/s1. The van der Waals surface area contributed by atoms with Crippen molar-refractivity contribution >= 4 is 67.7 Å². The number of nitrogens with one attached hydrogen (secondary N) is 1. The summed E-state index contributed by atoms with van der Waals surface area (Å²) < 4.78 is 80.3. The molecule has 238 valence electrons. The predicted molar refractivity (Wildman–Crippen MR) is 149 cm³/mol.